The van der Waals surface area contributed by atoms with Crippen molar-refractivity contribution in [3.63, 3.8) is 0 Å². The number of rotatable bonds is 8. The van der Waals surface area contributed by atoms with Gasteiger partial charge >= 0.3 is 0 Å². The van der Waals surface area contributed by atoms with Crippen molar-refractivity contribution in [2.75, 3.05) is 13.1 Å². The molecule has 0 heterocycles. The van der Waals surface area contributed by atoms with E-state index in [9.17, 15) is 8.42 Å². The number of aryl methyl sites for hydroxylation is 1. The highest BCUT2D eigenvalue weighted by Crippen LogP contribution is 2.70. The standard InChI is InChI=1S/C47H41Cl2NO2S/c1-7-28-50(53(51,52)38-25-18-32(4)19-26-38)30-47-40-29-37(49)24-27-39(40)42(35-20-22-36(48)23-21-35)45(47)46(5,6)43(31(2)3)44(47)41(33-14-10-8-11-15-33)34-16-12-9-13-17-34/h1,8-27,29H,28,30H2,2-6H3. The van der Waals surface area contributed by atoms with Crippen LogP contribution in [-0.4, -0.2) is 25.8 Å². The summed E-state index contributed by atoms with van der Waals surface area (Å²) in [5, 5.41) is 1.20. The lowest BCUT2D eigenvalue weighted by Crippen LogP contribution is -2.44. The van der Waals surface area contributed by atoms with Crippen LogP contribution in [0.2, 0.25) is 10.0 Å². The summed E-state index contributed by atoms with van der Waals surface area (Å²) in [6.07, 6.45) is 6.07. The molecule has 53 heavy (non-hydrogen) atoms. The molecule has 6 heteroatoms. The number of hydrogen-bond donors (Lipinski definition) is 0. The first kappa shape index (κ1) is 36.7. The third-order valence-corrected chi connectivity index (χ3v) is 13.0. The molecule has 5 aromatic carbocycles. The van der Waals surface area contributed by atoms with Gasteiger partial charge in [-0.1, -0.05) is 145 Å². The van der Waals surface area contributed by atoms with Crippen LogP contribution in [0.25, 0.3) is 11.1 Å². The molecule has 0 aliphatic heterocycles. The molecule has 7 rings (SSSR count). The lowest BCUT2D eigenvalue weighted by molar-refractivity contribution is 0.382. The molecule has 2 aliphatic rings. The predicted octanol–water partition coefficient (Wildman–Crippen LogP) is 11.6. The molecule has 0 bridgehead atoms. The van der Waals surface area contributed by atoms with Gasteiger partial charge in [-0.2, -0.15) is 4.31 Å². The summed E-state index contributed by atoms with van der Waals surface area (Å²) >= 11 is 13.5. The molecular weight excluding hydrogens is 713 g/mol. The van der Waals surface area contributed by atoms with E-state index in [-0.39, 0.29) is 18.0 Å². The molecule has 1 saturated carbocycles. The number of sulfonamides is 1. The number of nitrogens with zero attached hydrogens (tertiary/aromatic N) is 1. The van der Waals surface area contributed by atoms with Crippen molar-refractivity contribution in [3.8, 4) is 12.3 Å². The van der Waals surface area contributed by atoms with E-state index in [2.05, 4.69) is 100 Å². The first-order chi connectivity index (χ1) is 25.3. The molecule has 1 unspecified atom stereocenters. The molecule has 3 nitrogen and oxygen atoms in total. The zero-order valence-electron chi connectivity index (χ0n) is 30.5. The molecule has 5 aromatic rings. The van der Waals surface area contributed by atoms with Crippen LogP contribution in [0.4, 0.5) is 0 Å². The molecule has 1 fully saturated rings. The first-order valence-electron chi connectivity index (χ1n) is 17.7. The number of terminal acetylenes is 1. The van der Waals surface area contributed by atoms with Gasteiger partial charge in [-0.25, -0.2) is 8.42 Å². The Balaban J connectivity index is 1.72. The normalized spacial score (nSPS) is 17.5. The third-order valence-electron chi connectivity index (χ3n) is 10.7. The van der Waals surface area contributed by atoms with Gasteiger partial charge in [-0.15, -0.1) is 6.42 Å². The minimum atomic E-state index is -4.09. The van der Waals surface area contributed by atoms with Crippen LogP contribution < -0.4 is 0 Å². The lowest BCUT2D eigenvalue weighted by Gasteiger charge is -2.38. The summed E-state index contributed by atoms with van der Waals surface area (Å²) in [5.41, 5.74) is 10.8. The largest absolute Gasteiger partial charge is 0.243 e. The van der Waals surface area contributed by atoms with Crippen LogP contribution in [0.15, 0.2) is 155 Å². The average molecular weight is 755 g/mol. The Kier molecular flexibility index (Phi) is 9.68. The molecule has 2 aliphatic carbocycles. The number of allylic oxidation sites excluding steroid dienone is 2. The van der Waals surface area contributed by atoms with Crippen LogP contribution in [0, 0.1) is 24.7 Å². The van der Waals surface area contributed by atoms with E-state index in [0.717, 1.165) is 66.8 Å². The van der Waals surface area contributed by atoms with Gasteiger partial charge in [0.2, 0.25) is 10.0 Å². The van der Waals surface area contributed by atoms with Crippen molar-refractivity contribution < 1.29 is 8.42 Å². The highest BCUT2D eigenvalue weighted by Gasteiger charge is 2.62. The van der Waals surface area contributed by atoms with E-state index in [1.165, 1.54) is 4.31 Å². The number of fused-ring (bicyclic) bond motifs is 3. The van der Waals surface area contributed by atoms with Crippen LogP contribution in [0.5, 0.6) is 0 Å². The van der Waals surface area contributed by atoms with Gasteiger partial charge in [0.1, 0.15) is 0 Å². The van der Waals surface area contributed by atoms with Crippen LogP contribution in [0.1, 0.15) is 61.1 Å². The van der Waals surface area contributed by atoms with E-state index in [1.54, 1.807) is 12.1 Å². The Bertz CT molecular complexity index is 2430. The van der Waals surface area contributed by atoms with Crippen LogP contribution >= 0.6 is 23.2 Å². The minimum Gasteiger partial charge on any atom is -0.207 e. The Morgan fingerprint density at radius 3 is 1.87 bits per heavy atom. The first-order valence-corrected chi connectivity index (χ1v) is 19.9. The zero-order valence-corrected chi connectivity index (χ0v) is 32.9. The summed E-state index contributed by atoms with van der Waals surface area (Å²) in [4.78, 5) is 0.194. The van der Waals surface area contributed by atoms with Gasteiger partial charge in [-0.3, -0.25) is 0 Å². The van der Waals surface area contributed by atoms with E-state index < -0.39 is 20.9 Å². The second kappa shape index (κ2) is 14.0. The van der Waals surface area contributed by atoms with E-state index in [1.807, 2.05) is 55.5 Å². The lowest BCUT2D eigenvalue weighted by atomic mass is 9.70. The maximum Gasteiger partial charge on any atom is 0.243 e. The number of hydrogen-bond acceptors (Lipinski definition) is 2. The number of benzene rings is 5. The Labute approximate surface area is 324 Å². The summed E-state index contributed by atoms with van der Waals surface area (Å²) in [5.74, 6) is 2.71. The quantitative estimate of drug-likeness (QED) is 0.148. The van der Waals surface area contributed by atoms with Gasteiger partial charge in [-0.05, 0) is 113 Å². The Morgan fingerprint density at radius 2 is 1.32 bits per heavy atom. The van der Waals surface area contributed by atoms with E-state index in [4.69, 9.17) is 29.6 Å². The second-order valence-corrected chi connectivity index (χ2v) is 17.4. The van der Waals surface area contributed by atoms with Crippen molar-refractivity contribution in [3.05, 3.63) is 193 Å². The number of halogens is 2. The molecular formula is C47H41Cl2NO2S. The minimum absolute atomic E-state index is 0.0475. The fourth-order valence-corrected chi connectivity index (χ4v) is 10.5. The smallest absolute Gasteiger partial charge is 0.207 e. The molecule has 0 N–H and O–H groups in total. The molecule has 1 atom stereocenters. The molecule has 0 saturated heterocycles. The van der Waals surface area contributed by atoms with Crippen molar-refractivity contribution >= 4 is 44.4 Å². The van der Waals surface area contributed by atoms with Gasteiger partial charge in [0.15, 0.2) is 0 Å². The van der Waals surface area contributed by atoms with E-state index >= 15 is 0 Å². The average Bonchev–Trinajstić information content (AvgIpc) is 3.53. The summed E-state index contributed by atoms with van der Waals surface area (Å²) in [6.45, 7) is 10.7. The molecule has 0 spiro atoms. The second-order valence-electron chi connectivity index (χ2n) is 14.6. The van der Waals surface area contributed by atoms with Crippen LogP contribution in [-0.2, 0) is 15.4 Å². The maximum atomic E-state index is 14.9. The van der Waals surface area contributed by atoms with Crippen LogP contribution in [0.3, 0.4) is 0 Å². The molecule has 0 radical (unpaired) electrons. The highest BCUT2D eigenvalue weighted by molar-refractivity contribution is 7.89. The molecule has 266 valence electrons. The van der Waals surface area contributed by atoms with Gasteiger partial charge in [0.25, 0.3) is 0 Å². The van der Waals surface area contributed by atoms with Crippen molar-refractivity contribution in [1.29, 1.82) is 0 Å². The summed E-state index contributed by atoms with van der Waals surface area (Å²) in [6, 6.07) is 41.7. The fraction of sp³-hybridized carbons (Fsp3) is 0.191. The van der Waals surface area contributed by atoms with Crippen molar-refractivity contribution in [2.24, 2.45) is 5.41 Å². The predicted molar refractivity (Wildman–Crippen MR) is 220 cm³/mol. The molecule has 0 amide bonds. The maximum absolute atomic E-state index is 14.9. The Morgan fingerprint density at radius 1 is 0.755 bits per heavy atom. The zero-order chi connectivity index (χ0) is 37.7. The van der Waals surface area contributed by atoms with E-state index in [0.29, 0.717) is 10.0 Å². The van der Waals surface area contributed by atoms with Gasteiger partial charge < -0.3 is 0 Å². The monoisotopic (exact) mass is 753 g/mol. The highest BCUT2D eigenvalue weighted by atomic mass is 35.5. The van der Waals surface area contributed by atoms with Gasteiger partial charge in [0.05, 0.1) is 16.9 Å². The molecule has 0 aromatic heterocycles. The van der Waals surface area contributed by atoms with Crippen molar-refractivity contribution in [1.82, 2.24) is 4.31 Å². The third kappa shape index (κ3) is 6.11. The summed E-state index contributed by atoms with van der Waals surface area (Å²) < 4.78 is 31.3. The topological polar surface area (TPSA) is 37.4 Å². The Hall–Kier alpha value is -4.63. The van der Waals surface area contributed by atoms with Crippen molar-refractivity contribution in [2.45, 2.75) is 44.9 Å². The summed E-state index contributed by atoms with van der Waals surface area (Å²) in [7, 11) is -4.09. The fourth-order valence-electron chi connectivity index (χ4n) is 8.82. The SMILES string of the molecule is C#CCN(CC12C(=C(c3ccccc3)c3ccccc3)C(=C(C)C)C(C)(C)C1=C(c1ccc(Cl)cc1)c1ccc(Cl)cc12)S(=O)(=O)c1ccc(C)cc1. The van der Waals surface area contributed by atoms with Gasteiger partial charge in [0, 0.05) is 22.0 Å².